The highest BCUT2D eigenvalue weighted by Gasteiger charge is 2.08. The lowest BCUT2D eigenvalue weighted by atomic mass is 10.2. The molecule has 0 aromatic carbocycles. The first-order valence-corrected chi connectivity index (χ1v) is 6.74. The van der Waals surface area contributed by atoms with Gasteiger partial charge in [-0.2, -0.15) is 0 Å². The van der Waals surface area contributed by atoms with Crippen molar-refractivity contribution in [2.24, 2.45) is 0 Å². The average molecular weight is 345 g/mol. The summed E-state index contributed by atoms with van der Waals surface area (Å²) in [6, 6.07) is 1.68. The number of imidazole rings is 1. The molecule has 3 aromatic heterocycles. The van der Waals surface area contributed by atoms with Gasteiger partial charge in [0.15, 0.2) is 0 Å². The number of nitrogens with one attached hydrogen (secondary N) is 1. The van der Waals surface area contributed by atoms with Crippen LogP contribution in [-0.4, -0.2) is 30.4 Å². The quantitative estimate of drug-likeness (QED) is 0.785. The molecule has 0 aliphatic heterocycles. The number of carbonyl (C=O) groups excluding carboxylic acids is 1. The van der Waals surface area contributed by atoms with Crippen molar-refractivity contribution in [3.05, 3.63) is 59.6 Å². The fourth-order valence-electron chi connectivity index (χ4n) is 1.64. The Labute approximate surface area is 128 Å². The van der Waals surface area contributed by atoms with Crippen LogP contribution in [0.2, 0.25) is 0 Å². The van der Waals surface area contributed by atoms with Gasteiger partial charge >= 0.3 is 0 Å². The smallest absolute Gasteiger partial charge is 0.257 e. The van der Waals surface area contributed by atoms with Crippen molar-refractivity contribution in [2.45, 2.75) is 0 Å². The lowest BCUT2D eigenvalue weighted by Gasteiger charge is -2.05. The first-order valence-electron chi connectivity index (χ1n) is 5.94. The molecular formula is C13H9BrN6O. The molecule has 1 amide bonds. The lowest BCUT2D eigenvalue weighted by molar-refractivity contribution is 0.102. The highest BCUT2D eigenvalue weighted by atomic mass is 79.9. The van der Waals surface area contributed by atoms with Gasteiger partial charge in [0.25, 0.3) is 5.91 Å². The standard InChI is InChI=1S/C13H9BrN6O/c14-10-3-9(4-16-5-10)12(21)19-11-6-17-13(18-7-11)20-2-1-15-8-20/h1-8H,(H,19,21). The predicted octanol–water partition coefficient (Wildman–Crippen LogP) is 2.07. The summed E-state index contributed by atoms with van der Waals surface area (Å²) >= 11 is 3.27. The van der Waals surface area contributed by atoms with E-state index in [2.05, 4.69) is 41.2 Å². The average Bonchev–Trinajstić information content (AvgIpc) is 3.02. The van der Waals surface area contributed by atoms with Crippen molar-refractivity contribution >= 4 is 27.5 Å². The van der Waals surface area contributed by atoms with Gasteiger partial charge in [-0.25, -0.2) is 15.0 Å². The second-order valence-corrected chi connectivity index (χ2v) is 5.00. The number of carbonyl (C=O) groups is 1. The molecule has 0 unspecified atom stereocenters. The van der Waals surface area contributed by atoms with Gasteiger partial charge < -0.3 is 5.32 Å². The molecule has 7 nitrogen and oxygen atoms in total. The topological polar surface area (TPSA) is 85.6 Å². The van der Waals surface area contributed by atoms with Crippen LogP contribution in [-0.2, 0) is 0 Å². The zero-order chi connectivity index (χ0) is 14.7. The molecule has 0 saturated heterocycles. The van der Waals surface area contributed by atoms with E-state index in [-0.39, 0.29) is 5.91 Å². The Morgan fingerprint density at radius 1 is 1.14 bits per heavy atom. The van der Waals surface area contributed by atoms with Gasteiger partial charge in [0.1, 0.15) is 6.33 Å². The Hall–Kier alpha value is -2.61. The number of aromatic nitrogens is 5. The molecule has 0 fully saturated rings. The van der Waals surface area contributed by atoms with Crippen molar-refractivity contribution in [2.75, 3.05) is 5.32 Å². The van der Waals surface area contributed by atoms with Crippen LogP contribution in [0.25, 0.3) is 5.95 Å². The summed E-state index contributed by atoms with van der Waals surface area (Å²) in [6.07, 6.45) is 11.1. The predicted molar refractivity (Wildman–Crippen MR) is 79.0 cm³/mol. The van der Waals surface area contributed by atoms with E-state index >= 15 is 0 Å². The molecule has 21 heavy (non-hydrogen) atoms. The molecule has 0 spiro atoms. The van der Waals surface area contributed by atoms with Gasteiger partial charge in [-0.1, -0.05) is 0 Å². The second kappa shape index (κ2) is 5.80. The minimum Gasteiger partial charge on any atom is -0.319 e. The molecule has 0 radical (unpaired) electrons. The van der Waals surface area contributed by atoms with Crippen LogP contribution in [0, 0.1) is 0 Å². The summed E-state index contributed by atoms with van der Waals surface area (Å²) in [4.78, 5) is 28.2. The molecule has 0 aliphatic rings. The van der Waals surface area contributed by atoms with Crippen molar-refractivity contribution in [1.29, 1.82) is 0 Å². The van der Waals surface area contributed by atoms with E-state index in [0.717, 1.165) is 4.47 Å². The summed E-state index contributed by atoms with van der Waals surface area (Å²) in [6.45, 7) is 0. The molecule has 0 aliphatic carbocycles. The van der Waals surface area contributed by atoms with E-state index in [0.29, 0.717) is 17.2 Å². The molecule has 1 N–H and O–H groups in total. The number of hydrogen-bond acceptors (Lipinski definition) is 5. The van der Waals surface area contributed by atoms with Crippen LogP contribution in [0.4, 0.5) is 5.69 Å². The number of nitrogens with zero attached hydrogens (tertiary/aromatic N) is 5. The number of halogens is 1. The maximum absolute atomic E-state index is 12.0. The van der Waals surface area contributed by atoms with Crippen LogP contribution < -0.4 is 5.32 Å². The Bertz CT molecular complexity index is 757. The highest BCUT2D eigenvalue weighted by molar-refractivity contribution is 9.10. The molecule has 3 aromatic rings. The summed E-state index contributed by atoms with van der Waals surface area (Å²) in [5.41, 5.74) is 0.951. The molecule has 8 heteroatoms. The third-order valence-electron chi connectivity index (χ3n) is 2.60. The zero-order valence-corrected chi connectivity index (χ0v) is 12.2. The second-order valence-electron chi connectivity index (χ2n) is 4.09. The monoisotopic (exact) mass is 344 g/mol. The fraction of sp³-hybridized carbons (Fsp3) is 0. The minimum absolute atomic E-state index is 0.275. The van der Waals surface area contributed by atoms with Crippen molar-refractivity contribution < 1.29 is 4.79 Å². The Kier molecular flexibility index (Phi) is 3.69. The van der Waals surface area contributed by atoms with Gasteiger partial charge in [0.2, 0.25) is 5.95 Å². The first-order chi connectivity index (χ1) is 10.2. The molecule has 3 rings (SSSR count). The van der Waals surface area contributed by atoms with Gasteiger partial charge in [-0.15, -0.1) is 0 Å². The number of anilines is 1. The van der Waals surface area contributed by atoms with E-state index in [4.69, 9.17) is 0 Å². The van der Waals surface area contributed by atoms with E-state index in [1.807, 2.05) is 0 Å². The molecule has 0 bridgehead atoms. The Morgan fingerprint density at radius 3 is 2.62 bits per heavy atom. The van der Waals surface area contributed by atoms with E-state index in [1.165, 1.54) is 18.6 Å². The third kappa shape index (κ3) is 3.11. The summed E-state index contributed by atoms with van der Waals surface area (Å²) < 4.78 is 2.41. The van der Waals surface area contributed by atoms with Crippen LogP contribution in [0.1, 0.15) is 10.4 Å². The lowest BCUT2D eigenvalue weighted by Crippen LogP contribution is -2.13. The fourth-order valence-corrected chi connectivity index (χ4v) is 2.00. The van der Waals surface area contributed by atoms with Gasteiger partial charge in [0.05, 0.1) is 23.6 Å². The number of pyridine rings is 1. The SMILES string of the molecule is O=C(Nc1cnc(-n2ccnc2)nc1)c1cncc(Br)c1. The zero-order valence-electron chi connectivity index (χ0n) is 10.6. The van der Waals surface area contributed by atoms with Crippen LogP contribution in [0.5, 0.6) is 0 Å². The summed E-state index contributed by atoms with van der Waals surface area (Å²) in [5, 5.41) is 2.71. The van der Waals surface area contributed by atoms with Crippen molar-refractivity contribution in [1.82, 2.24) is 24.5 Å². The van der Waals surface area contributed by atoms with E-state index in [1.54, 1.807) is 35.6 Å². The minimum atomic E-state index is -0.275. The number of rotatable bonds is 3. The largest absolute Gasteiger partial charge is 0.319 e. The summed E-state index contributed by atoms with van der Waals surface area (Å²) in [7, 11) is 0. The third-order valence-corrected chi connectivity index (χ3v) is 3.03. The number of hydrogen-bond donors (Lipinski definition) is 1. The van der Waals surface area contributed by atoms with Crippen LogP contribution in [0.15, 0.2) is 54.0 Å². The van der Waals surface area contributed by atoms with Gasteiger partial charge in [-0.3, -0.25) is 14.3 Å². The maximum atomic E-state index is 12.0. The molecule has 3 heterocycles. The Balaban J connectivity index is 1.75. The molecule has 0 saturated carbocycles. The highest BCUT2D eigenvalue weighted by Crippen LogP contribution is 2.12. The van der Waals surface area contributed by atoms with Crippen LogP contribution >= 0.6 is 15.9 Å². The van der Waals surface area contributed by atoms with E-state index in [9.17, 15) is 4.79 Å². The molecule has 104 valence electrons. The first kappa shape index (κ1) is 13.4. The molecule has 0 atom stereocenters. The van der Waals surface area contributed by atoms with Crippen molar-refractivity contribution in [3.8, 4) is 5.95 Å². The van der Waals surface area contributed by atoms with Gasteiger partial charge in [-0.05, 0) is 22.0 Å². The molecular weight excluding hydrogens is 336 g/mol. The normalized spacial score (nSPS) is 10.3. The van der Waals surface area contributed by atoms with Crippen molar-refractivity contribution in [3.63, 3.8) is 0 Å². The van der Waals surface area contributed by atoms with Gasteiger partial charge in [0, 0.05) is 29.3 Å². The van der Waals surface area contributed by atoms with Crippen LogP contribution in [0.3, 0.4) is 0 Å². The maximum Gasteiger partial charge on any atom is 0.257 e. The number of amides is 1. The Morgan fingerprint density at radius 2 is 1.95 bits per heavy atom. The van der Waals surface area contributed by atoms with E-state index < -0.39 is 0 Å². The summed E-state index contributed by atoms with van der Waals surface area (Å²) in [5.74, 6) is 0.206.